The van der Waals surface area contributed by atoms with E-state index in [2.05, 4.69) is 36.8 Å². The molecule has 0 spiro atoms. The lowest BCUT2D eigenvalue weighted by atomic mass is 10.0. The van der Waals surface area contributed by atoms with Crippen LogP contribution in [0.5, 0.6) is 0 Å². The number of nitrogens with one attached hydrogen (secondary N) is 1. The molecule has 1 unspecified atom stereocenters. The molecule has 0 aliphatic rings. The summed E-state index contributed by atoms with van der Waals surface area (Å²) < 4.78 is 5.92. The van der Waals surface area contributed by atoms with Crippen LogP contribution in [-0.4, -0.2) is 4.98 Å². The van der Waals surface area contributed by atoms with E-state index >= 15 is 0 Å². The molecule has 0 saturated heterocycles. The van der Waals surface area contributed by atoms with Crippen LogP contribution in [0.3, 0.4) is 0 Å². The second-order valence-electron chi connectivity index (χ2n) is 4.31. The summed E-state index contributed by atoms with van der Waals surface area (Å²) >= 11 is 13.1. The lowest BCUT2D eigenvalue weighted by molar-refractivity contribution is 0.555. The van der Waals surface area contributed by atoms with Crippen LogP contribution in [0.15, 0.2) is 50.1 Å². The first-order valence-electron chi connectivity index (χ1n) is 5.76. The molecule has 20 heavy (non-hydrogen) atoms. The standard InChI is InChI=1S/C14H8Br2ClNO2/c15-9-5-7(1-3-10(9)17)13(16)8-2-4-11-12(6-8)20-14(19)18-11/h1-6,13H,(H,18,19). The molecule has 0 aliphatic heterocycles. The van der Waals surface area contributed by atoms with Gasteiger partial charge in [0.15, 0.2) is 5.58 Å². The summed E-state index contributed by atoms with van der Waals surface area (Å²) in [5.74, 6) is -0.447. The smallest absolute Gasteiger partial charge is 0.408 e. The number of fused-ring (bicyclic) bond motifs is 1. The number of H-pyrrole nitrogens is 1. The number of aromatic amines is 1. The van der Waals surface area contributed by atoms with E-state index in [1.807, 2.05) is 36.4 Å². The molecule has 3 nitrogen and oxygen atoms in total. The van der Waals surface area contributed by atoms with Crippen LogP contribution in [0, 0.1) is 0 Å². The number of hydrogen-bond acceptors (Lipinski definition) is 2. The topological polar surface area (TPSA) is 46.0 Å². The molecule has 0 aliphatic carbocycles. The first kappa shape index (κ1) is 13.9. The van der Waals surface area contributed by atoms with Crippen molar-refractivity contribution in [3.63, 3.8) is 0 Å². The van der Waals surface area contributed by atoms with E-state index in [-0.39, 0.29) is 4.83 Å². The fourth-order valence-electron chi connectivity index (χ4n) is 1.98. The Labute approximate surface area is 136 Å². The van der Waals surface area contributed by atoms with Crippen molar-refractivity contribution in [2.45, 2.75) is 4.83 Å². The monoisotopic (exact) mass is 415 g/mol. The fraction of sp³-hybridized carbons (Fsp3) is 0.0714. The zero-order valence-electron chi connectivity index (χ0n) is 9.99. The van der Waals surface area contributed by atoms with E-state index < -0.39 is 5.76 Å². The highest BCUT2D eigenvalue weighted by Crippen LogP contribution is 2.35. The molecule has 0 fully saturated rings. The molecular formula is C14H8Br2ClNO2. The number of alkyl halides is 1. The minimum absolute atomic E-state index is 0.0133. The summed E-state index contributed by atoms with van der Waals surface area (Å²) in [5.41, 5.74) is 3.29. The van der Waals surface area contributed by atoms with Crippen molar-refractivity contribution in [3.8, 4) is 0 Å². The van der Waals surface area contributed by atoms with Gasteiger partial charge in [0.1, 0.15) is 0 Å². The zero-order chi connectivity index (χ0) is 14.3. The van der Waals surface area contributed by atoms with Crippen molar-refractivity contribution in [3.05, 3.63) is 67.6 Å². The van der Waals surface area contributed by atoms with Crippen LogP contribution in [-0.2, 0) is 0 Å². The zero-order valence-corrected chi connectivity index (χ0v) is 13.9. The Balaban J connectivity index is 2.04. The Hall–Kier alpha value is -1.04. The van der Waals surface area contributed by atoms with E-state index in [1.54, 1.807) is 0 Å². The average Bonchev–Trinajstić information content (AvgIpc) is 2.80. The van der Waals surface area contributed by atoms with Crippen molar-refractivity contribution in [1.82, 2.24) is 4.98 Å². The highest BCUT2D eigenvalue weighted by atomic mass is 79.9. The Bertz CT molecular complexity index is 841. The van der Waals surface area contributed by atoms with Gasteiger partial charge in [-0.05, 0) is 51.3 Å². The Morgan fingerprint density at radius 1 is 1.15 bits per heavy atom. The normalized spacial score (nSPS) is 12.8. The predicted octanol–water partition coefficient (Wildman–Crippen LogP) is 5.02. The second-order valence-corrected chi connectivity index (χ2v) is 6.48. The molecule has 0 saturated carbocycles. The van der Waals surface area contributed by atoms with E-state index in [4.69, 9.17) is 16.0 Å². The summed E-state index contributed by atoms with van der Waals surface area (Å²) in [7, 11) is 0. The first-order chi connectivity index (χ1) is 9.54. The van der Waals surface area contributed by atoms with Gasteiger partial charge in [0.2, 0.25) is 0 Å². The Morgan fingerprint density at radius 2 is 1.85 bits per heavy atom. The van der Waals surface area contributed by atoms with E-state index in [1.165, 1.54) is 0 Å². The van der Waals surface area contributed by atoms with Gasteiger partial charge in [-0.3, -0.25) is 4.98 Å². The maximum atomic E-state index is 11.2. The van der Waals surface area contributed by atoms with Gasteiger partial charge in [0, 0.05) is 4.47 Å². The molecule has 0 radical (unpaired) electrons. The number of halogens is 3. The highest BCUT2D eigenvalue weighted by Gasteiger charge is 2.13. The molecule has 1 heterocycles. The summed E-state index contributed by atoms with van der Waals surface area (Å²) in [5, 5.41) is 0.667. The molecule has 3 rings (SSSR count). The van der Waals surface area contributed by atoms with E-state index in [9.17, 15) is 4.79 Å². The van der Waals surface area contributed by atoms with Crippen LogP contribution in [0.25, 0.3) is 11.1 Å². The third-order valence-corrected chi connectivity index (χ3v) is 5.25. The highest BCUT2D eigenvalue weighted by molar-refractivity contribution is 9.10. The van der Waals surface area contributed by atoms with Crippen LogP contribution in [0.4, 0.5) is 0 Å². The molecule has 2 aromatic carbocycles. The van der Waals surface area contributed by atoms with Crippen LogP contribution in [0.2, 0.25) is 5.02 Å². The lowest BCUT2D eigenvalue weighted by Gasteiger charge is -2.11. The van der Waals surface area contributed by atoms with Gasteiger partial charge >= 0.3 is 5.76 Å². The fourth-order valence-corrected chi connectivity index (χ4v) is 3.07. The minimum Gasteiger partial charge on any atom is -0.408 e. The molecule has 0 amide bonds. The molecular weight excluding hydrogens is 409 g/mol. The van der Waals surface area contributed by atoms with Gasteiger partial charge in [0.05, 0.1) is 15.4 Å². The molecule has 102 valence electrons. The van der Waals surface area contributed by atoms with Crippen LogP contribution in [0.1, 0.15) is 16.0 Å². The van der Waals surface area contributed by atoms with Gasteiger partial charge in [-0.15, -0.1) is 0 Å². The number of aromatic nitrogens is 1. The van der Waals surface area contributed by atoms with Gasteiger partial charge in [-0.1, -0.05) is 39.7 Å². The maximum Gasteiger partial charge on any atom is 0.417 e. The number of oxazole rings is 1. The molecule has 1 N–H and O–H groups in total. The van der Waals surface area contributed by atoms with Gasteiger partial charge in [0.25, 0.3) is 0 Å². The first-order valence-corrected chi connectivity index (χ1v) is 7.85. The summed E-state index contributed by atoms with van der Waals surface area (Å²) in [4.78, 5) is 13.8. The molecule has 1 aromatic heterocycles. The Kier molecular flexibility index (Phi) is 3.75. The lowest BCUT2D eigenvalue weighted by Crippen LogP contribution is -1.93. The number of hydrogen-bond donors (Lipinski definition) is 1. The van der Waals surface area contributed by atoms with Gasteiger partial charge < -0.3 is 4.42 Å². The number of rotatable bonds is 2. The predicted molar refractivity (Wildman–Crippen MR) is 86.8 cm³/mol. The average molecular weight is 417 g/mol. The minimum atomic E-state index is -0.447. The summed E-state index contributed by atoms with van der Waals surface area (Å²) in [6.45, 7) is 0. The van der Waals surface area contributed by atoms with E-state index in [0.29, 0.717) is 16.1 Å². The SMILES string of the molecule is O=c1[nH]c2ccc(C(Br)c3ccc(Cl)c(Br)c3)cc2o1. The van der Waals surface area contributed by atoms with Crippen molar-refractivity contribution >= 4 is 54.6 Å². The van der Waals surface area contributed by atoms with E-state index in [0.717, 1.165) is 15.6 Å². The third kappa shape index (κ3) is 2.57. The van der Waals surface area contributed by atoms with Gasteiger partial charge in [-0.25, -0.2) is 4.79 Å². The van der Waals surface area contributed by atoms with Crippen LogP contribution >= 0.6 is 43.5 Å². The largest absolute Gasteiger partial charge is 0.417 e. The summed E-state index contributed by atoms with van der Waals surface area (Å²) in [6.07, 6.45) is 0. The van der Waals surface area contributed by atoms with Crippen molar-refractivity contribution in [1.29, 1.82) is 0 Å². The second kappa shape index (κ2) is 5.39. The van der Waals surface area contributed by atoms with Crippen molar-refractivity contribution < 1.29 is 4.42 Å². The third-order valence-electron chi connectivity index (χ3n) is 2.97. The quantitative estimate of drug-likeness (QED) is 0.595. The molecule has 6 heteroatoms. The molecule has 0 bridgehead atoms. The Morgan fingerprint density at radius 3 is 2.60 bits per heavy atom. The van der Waals surface area contributed by atoms with Crippen molar-refractivity contribution in [2.75, 3.05) is 0 Å². The summed E-state index contributed by atoms with van der Waals surface area (Å²) in [6, 6.07) is 11.4. The maximum absolute atomic E-state index is 11.2. The van der Waals surface area contributed by atoms with Crippen LogP contribution < -0.4 is 5.76 Å². The number of benzene rings is 2. The molecule has 1 atom stereocenters. The van der Waals surface area contributed by atoms with Crippen molar-refractivity contribution in [2.24, 2.45) is 0 Å². The molecule has 3 aromatic rings. The van der Waals surface area contributed by atoms with Gasteiger partial charge in [-0.2, -0.15) is 0 Å².